The first-order valence-electron chi connectivity index (χ1n) is 6.55. The van der Waals surface area contributed by atoms with Crippen molar-refractivity contribution in [1.29, 1.82) is 0 Å². The van der Waals surface area contributed by atoms with E-state index in [0.717, 1.165) is 16.3 Å². The lowest BCUT2D eigenvalue weighted by molar-refractivity contribution is -0.142. The van der Waals surface area contributed by atoms with Crippen molar-refractivity contribution in [2.45, 2.75) is 13.3 Å². The summed E-state index contributed by atoms with van der Waals surface area (Å²) < 4.78 is 10.8. The number of hydrogen-bond donors (Lipinski definition) is 0. The molecule has 21 heavy (non-hydrogen) atoms. The zero-order valence-electron chi connectivity index (χ0n) is 11.3. The molecule has 5 heteroatoms. The summed E-state index contributed by atoms with van der Waals surface area (Å²) >= 11 is 12.4. The fourth-order valence-corrected chi connectivity index (χ4v) is 2.84. The van der Waals surface area contributed by atoms with Gasteiger partial charge in [0.1, 0.15) is 11.2 Å². The maximum atomic E-state index is 11.8. The Morgan fingerprint density at radius 3 is 2.67 bits per heavy atom. The van der Waals surface area contributed by atoms with Gasteiger partial charge in [-0.25, -0.2) is 0 Å². The van der Waals surface area contributed by atoms with Crippen LogP contribution in [0.1, 0.15) is 12.5 Å². The van der Waals surface area contributed by atoms with Crippen LogP contribution >= 0.6 is 23.2 Å². The van der Waals surface area contributed by atoms with Crippen LogP contribution in [0.25, 0.3) is 21.9 Å². The molecular formula is C16H12Cl2O3. The molecule has 0 bridgehead atoms. The van der Waals surface area contributed by atoms with E-state index in [4.69, 9.17) is 32.4 Å². The summed E-state index contributed by atoms with van der Waals surface area (Å²) in [6.07, 6.45) is 0.169. The Balaban J connectivity index is 2.25. The highest BCUT2D eigenvalue weighted by atomic mass is 35.5. The molecule has 3 rings (SSSR count). The van der Waals surface area contributed by atoms with Gasteiger partial charge in [-0.05, 0) is 30.7 Å². The van der Waals surface area contributed by atoms with E-state index in [1.54, 1.807) is 19.1 Å². The number of carbonyl (C=O) groups excluding carboxylic acids is 1. The predicted octanol–water partition coefficient (Wildman–Crippen LogP) is 5.00. The maximum absolute atomic E-state index is 11.8. The zero-order chi connectivity index (χ0) is 15.0. The predicted molar refractivity (Wildman–Crippen MR) is 84.1 cm³/mol. The average molecular weight is 323 g/mol. The minimum Gasteiger partial charge on any atom is -0.466 e. The molecule has 0 saturated carbocycles. The molecule has 108 valence electrons. The van der Waals surface area contributed by atoms with Gasteiger partial charge in [-0.1, -0.05) is 35.3 Å². The number of esters is 1. The third kappa shape index (κ3) is 2.47. The molecule has 0 aliphatic heterocycles. The van der Waals surface area contributed by atoms with Gasteiger partial charge in [0.15, 0.2) is 0 Å². The SMILES string of the molecule is CCOC(=O)Cc1cccc2oc3ccc(Cl)c(Cl)c3c12. The van der Waals surface area contributed by atoms with Crippen molar-refractivity contribution in [1.82, 2.24) is 0 Å². The summed E-state index contributed by atoms with van der Waals surface area (Å²) in [6, 6.07) is 9.02. The van der Waals surface area contributed by atoms with Crippen LogP contribution in [0, 0.1) is 0 Å². The summed E-state index contributed by atoms with van der Waals surface area (Å²) in [7, 11) is 0. The average Bonchev–Trinajstić information content (AvgIpc) is 2.83. The van der Waals surface area contributed by atoms with Gasteiger partial charge in [0, 0.05) is 10.8 Å². The molecule has 1 aromatic heterocycles. The molecule has 0 aliphatic rings. The third-order valence-corrected chi connectivity index (χ3v) is 4.08. The Morgan fingerprint density at radius 1 is 1.14 bits per heavy atom. The molecule has 0 saturated heterocycles. The molecule has 0 unspecified atom stereocenters. The molecule has 0 atom stereocenters. The summed E-state index contributed by atoms with van der Waals surface area (Å²) in [5.41, 5.74) is 2.14. The number of rotatable bonds is 3. The molecule has 2 aromatic carbocycles. The summed E-state index contributed by atoms with van der Waals surface area (Å²) in [4.78, 5) is 11.8. The van der Waals surface area contributed by atoms with E-state index in [1.807, 2.05) is 18.2 Å². The van der Waals surface area contributed by atoms with Gasteiger partial charge < -0.3 is 9.15 Å². The van der Waals surface area contributed by atoms with Crippen molar-refractivity contribution in [2.24, 2.45) is 0 Å². The van der Waals surface area contributed by atoms with Crippen LogP contribution in [-0.2, 0) is 16.0 Å². The Bertz CT molecular complexity index is 836. The Labute approximate surface area is 131 Å². The second-order valence-corrected chi connectivity index (χ2v) is 5.39. The van der Waals surface area contributed by atoms with Gasteiger partial charge in [0.25, 0.3) is 0 Å². The van der Waals surface area contributed by atoms with Crippen molar-refractivity contribution in [3.8, 4) is 0 Å². The second-order valence-electron chi connectivity index (χ2n) is 4.61. The van der Waals surface area contributed by atoms with Crippen LogP contribution in [-0.4, -0.2) is 12.6 Å². The smallest absolute Gasteiger partial charge is 0.310 e. The molecule has 0 radical (unpaired) electrons. The van der Waals surface area contributed by atoms with Crippen molar-refractivity contribution in [3.63, 3.8) is 0 Å². The monoisotopic (exact) mass is 322 g/mol. The highest BCUT2D eigenvalue weighted by Crippen LogP contribution is 2.39. The lowest BCUT2D eigenvalue weighted by Gasteiger charge is -2.04. The quantitative estimate of drug-likeness (QED) is 0.637. The number of ether oxygens (including phenoxy) is 1. The normalized spacial score (nSPS) is 11.2. The van der Waals surface area contributed by atoms with Crippen molar-refractivity contribution in [2.75, 3.05) is 6.61 Å². The Kier molecular flexibility index (Phi) is 3.79. The highest BCUT2D eigenvalue weighted by Gasteiger charge is 2.17. The van der Waals surface area contributed by atoms with Gasteiger partial charge in [0.2, 0.25) is 0 Å². The van der Waals surface area contributed by atoms with E-state index >= 15 is 0 Å². The number of halogens is 2. The molecule has 1 heterocycles. The van der Waals surface area contributed by atoms with Crippen LogP contribution in [0.3, 0.4) is 0 Å². The molecule has 3 nitrogen and oxygen atoms in total. The number of hydrogen-bond acceptors (Lipinski definition) is 3. The van der Waals surface area contributed by atoms with Gasteiger partial charge in [-0.15, -0.1) is 0 Å². The van der Waals surface area contributed by atoms with Crippen molar-refractivity contribution >= 4 is 51.1 Å². The number of furan rings is 1. The molecule has 0 N–H and O–H groups in total. The largest absolute Gasteiger partial charge is 0.466 e. The van der Waals surface area contributed by atoms with E-state index in [1.165, 1.54) is 0 Å². The number of fused-ring (bicyclic) bond motifs is 3. The van der Waals surface area contributed by atoms with Crippen LogP contribution in [0.5, 0.6) is 0 Å². The van der Waals surface area contributed by atoms with E-state index in [-0.39, 0.29) is 12.4 Å². The van der Waals surface area contributed by atoms with Crippen LogP contribution in [0.4, 0.5) is 0 Å². The first kappa shape index (κ1) is 14.2. The molecule has 0 aliphatic carbocycles. The summed E-state index contributed by atoms with van der Waals surface area (Å²) in [5, 5.41) is 2.44. The number of carbonyl (C=O) groups is 1. The lowest BCUT2D eigenvalue weighted by atomic mass is 10.0. The lowest BCUT2D eigenvalue weighted by Crippen LogP contribution is -2.07. The van der Waals surface area contributed by atoms with Crippen LogP contribution < -0.4 is 0 Å². The molecule has 0 fully saturated rings. The second kappa shape index (κ2) is 5.58. The highest BCUT2D eigenvalue weighted by molar-refractivity contribution is 6.46. The van der Waals surface area contributed by atoms with E-state index in [2.05, 4.69) is 0 Å². The molecule has 0 amide bonds. The first-order valence-corrected chi connectivity index (χ1v) is 7.31. The molecular weight excluding hydrogens is 311 g/mol. The maximum Gasteiger partial charge on any atom is 0.310 e. The minimum atomic E-state index is -0.280. The van der Waals surface area contributed by atoms with Crippen LogP contribution in [0.15, 0.2) is 34.7 Å². The minimum absolute atomic E-state index is 0.169. The Morgan fingerprint density at radius 2 is 1.90 bits per heavy atom. The molecule has 0 spiro atoms. The van der Waals surface area contributed by atoms with E-state index in [0.29, 0.717) is 27.8 Å². The fourth-order valence-electron chi connectivity index (χ4n) is 2.43. The van der Waals surface area contributed by atoms with Gasteiger partial charge in [-0.3, -0.25) is 4.79 Å². The van der Waals surface area contributed by atoms with Crippen LogP contribution in [0.2, 0.25) is 10.0 Å². The van der Waals surface area contributed by atoms with E-state index < -0.39 is 0 Å². The topological polar surface area (TPSA) is 39.4 Å². The first-order chi connectivity index (χ1) is 10.1. The number of benzene rings is 2. The Hall–Kier alpha value is -1.71. The van der Waals surface area contributed by atoms with Gasteiger partial charge >= 0.3 is 5.97 Å². The van der Waals surface area contributed by atoms with Gasteiger partial charge in [0.05, 0.1) is 23.1 Å². The zero-order valence-corrected chi connectivity index (χ0v) is 12.8. The van der Waals surface area contributed by atoms with Crippen molar-refractivity contribution < 1.29 is 13.9 Å². The fraction of sp³-hybridized carbons (Fsp3) is 0.188. The van der Waals surface area contributed by atoms with E-state index in [9.17, 15) is 4.79 Å². The summed E-state index contributed by atoms with van der Waals surface area (Å²) in [6.45, 7) is 2.13. The van der Waals surface area contributed by atoms with Gasteiger partial charge in [-0.2, -0.15) is 0 Å². The van der Waals surface area contributed by atoms with Crippen molar-refractivity contribution in [3.05, 3.63) is 45.9 Å². The summed E-state index contributed by atoms with van der Waals surface area (Å²) in [5.74, 6) is -0.280. The standard InChI is InChI=1S/C16H12Cl2O3/c1-2-20-13(19)8-9-4-3-5-11-14(9)15-12(21-11)7-6-10(17)16(15)18/h3-7H,2,8H2,1H3. The molecule has 3 aromatic rings. The third-order valence-electron chi connectivity index (χ3n) is 3.28.